The molecule has 1 heterocycles. The molecule has 0 saturated heterocycles. The molecule has 78 valence electrons. The van der Waals surface area contributed by atoms with Gasteiger partial charge in [-0.05, 0) is 30.7 Å². The van der Waals surface area contributed by atoms with E-state index in [0.29, 0.717) is 5.69 Å². The Kier molecular flexibility index (Phi) is 2.75. The molecule has 0 radical (unpaired) electrons. The number of halogens is 1. The molecule has 0 unspecified atom stereocenters. The Labute approximate surface area is 93.0 Å². The second kappa shape index (κ2) is 4.04. The largest absolute Gasteiger partial charge is 0.390 e. The Morgan fingerprint density at radius 3 is 2.87 bits per heavy atom. The normalized spacial score (nSPS) is 10.6. The number of hydrogen-bond acceptors (Lipinski definition) is 2. The third kappa shape index (κ3) is 2.03. The molecule has 0 bridgehead atoms. The van der Waals surface area contributed by atoms with E-state index in [9.17, 15) is 0 Å². The van der Waals surface area contributed by atoms with Gasteiger partial charge in [-0.1, -0.05) is 11.6 Å². The van der Waals surface area contributed by atoms with Crippen molar-refractivity contribution in [1.82, 2.24) is 9.55 Å². The predicted molar refractivity (Wildman–Crippen MR) is 59.2 cm³/mol. The Morgan fingerprint density at radius 1 is 1.47 bits per heavy atom. The van der Waals surface area contributed by atoms with Crippen LogP contribution in [0.1, 0.15) is 11.3 Å². The van der Waals surface area contributed by atoms with Gasteiger partial charge in [0.15, 0.2) is 0 Å². The molecule has 0 aliphatic rings. The van der Waals surface area contributed by atoms with Crippen LogP contribution in [0.2, 0.25) is 5.02 Å². The van der Waals surface area contributed by atoms with E-state index in [2.05, 4.69) is 4.98 Å². The van der Waals surface area contributed by atoms with Crippen LogP contribution in [0.25, 0.3) is 5.69 Å². The molecule has 0 fully saturated rings. The van der Waals surface area contributed by atoms with Gasteiger partial charge in [-0.3, -0.25) is 0 Å². The fourth-order valence-corrected chi connectivity index (χ4v) is 1.71. The van der Waals surface area contributed by atoms with E-state index in [1.54, 1.807) is 12.5 Å². The Balaban J connectivity index is 2.44. The molecule has 2 aromatic rings. The third-order valence-corrected chi connectivity index (χ3v) is 2.47. The fraction of sp³-hybridized carbons (Fsp3) is 0.182. The van der Waals surface area contributed by atoms with Crippen LogP contribution in [0.5, 0.6) is 0 Å². The molecule has 0 spiro atoms. The first-order chi connectivity index (χ1) is 7.20. The highest BCUT2D eigenvalue weighted by Gasteiger charge is 2.03. The number of hydrogen-bond donors (Lipinski definition) is 1. The number of aliphatic hydroxyl groups excluding tert-OH is 1. The zero-order valence-corrected chi connectivity index (χ0v) is 9.07. The number of aryl methyl sites for hydroxylation is 1. The smallest absolute Gasteiger partial charge is 0.0996 e. The Hall–Kier alpha value is -1.32. The third-order valence-electron chi connectivity index (χ3n) is 2.24. The number of rotatable bonds is 2. The first-order valence-corrected chi connectivity index (χ1v) is 4.99. The van der Waals surface area contributed by atoms with Crippen LogP contribution in [0.4, 0.5) is 0 Å². The van der Waals surface area contributed by atoms with E-state index >= 15 is 0 Å². The summed E-state index contributed by atoms with van der Waals surface area (Å²) in [5.41, 5.74) is 2.75. The minimum absolute atomic E-state index is 0.0420. The first kappa shape index (κ1) is 10.2. The highest BCUT2D eigenvalue weighted by molar-refractivity contribution is 6.30. The van der Waals surface area contributed by atoms with Crippen molar-refractivity contribution in [3.05, 3.63) is 47.0 Å². The molecule has 0 aliphatic heterocycles. The van der Waals surface area contributed by atoms with Crippen LogP contribution in [-0.4, -0.2) is 14.7 Å². The van der Waals surface area contributed by atoms with Crippen molar-refractivity contribution >= 4 is 11.6 Å². The van der Waals surface area contributed by atoms with Crippen LogP contribution in [0.3, 0.4) is 0 Å². The molecular formula is C11H11ClN2O. The van der Waals surface area contributed by atoms with E-state index in [-0.39, 0.29) is 6.61 Å². The van der Waals surface area contributed by atoms with Gasteiger partial charge in [0.1, 0.15) is 0 Å². The van der Waals surface area contributed by atoms with Crippen LogP contribution >= 0.6 is 11.6 Å². The lowest BCUT2D eigenvalue weighted by atomic mass is 10.2. The monoisotopic (exact) mass is 222 g/mol. The van der Waals surface area contributed by atoms with Crippen molar-refractivity contribution in [3.8, 4) is 5.69 Å². The Morgan fingerprint density at radius 2 is 2.27 bits per heavy atom. The molecule has 1 aromatic carbocycles. The van der Waals surface area contributed by atoms with Gasteiger partial charge in [0.25, 0.3) is 0 Å². The zero-order chi connectivity index (χ0) is 10.8. The van der Waals surface area contributed by atoms with Crippen molar-refractivity contribution in [2.75, 3.05) is 0 Å². The summed E-state index contributed by atoms with van der Waals surface area (Å²) in [6.45, 7) is 1.94. The molecule has 0 saturated carbocycles. The Bertz CT molecular complexity index is 479. The molecule has 1 aromatic heterocycles. The molecule has 1 N–H and O–H groups in total. The summed E-state index contributed by atoms with van der Waals surface area (Å²) < 4.78 is 1.87. The summed E-state index contributed by atoms with van der Waals surface area (Å²) >= 11 is 5.87. The predicted octanol–water partition coefficient (Wildman–Crippen LogP) is 2.33. The van der Waals surface area contributed by atoms with E-state index < -0.39 is 0 Å². The van der Waals surface area contributed by atoms with Crippen LogP contribution in [-0.2, 0) is 6.61 Å². The standard InChI is InChI=1S/C11H11ClN2O/c1-8-4-9(12)2-3-11(8)14-5-10(6-15)13-7-14/h2-5,7,15H,6H2,1H3. The maximum absolute atomic E-state index is 8.91. The molecule has 0 atom stereocenters. The SMILES string of the molecule is Cc1cc(Cl)ccc1-n1cnc(CO)c1. The zero-order valence-electron chi connectivity index (χ0n) is 8.31. The van der Waals surface area contributed by atoms with Gasteiger partial charge in [0.2, 0.25) is 0 Å². The quantitative estimate of drug-likeness (QED) is 0.847. The summed E-state index contributed by atoms with van der Waals surface area (Å²) in [5.74, 6) is 0. The van der Waals surface area contributed by atoms with Gasteiger partial charge in [-0.2, -0.15) is 0 Å². The minimum atomic E-state index is -0.0420. The molecule has 3 nitrogen and oxygen atoms in total. The van der Waals surface area contributed by atoms with Crippen LogP contribution in [0.15, 0.2) is 30.7 Å². The van der Waals surface area contributed by atoms with Gasteiger partial charge < -0.3 is 9.67 Å². The molecular weight excluding hydrogens is 212 g/mol. The summed E-state index contributed by atoms with van der Waals surface area (Å²) in [6.07, 6.45) is 3.48. The highest BCUT2D eigenvalue weighted by atomic mass is 35.5. The summed E-state index contributed by atoms with van der Waals surface area (Å²) in [7, 11) is 0. The molecule has 15 heavy (non-hydrogen) atoms. The second-order valence-corrected chi connectivity index (χ2v) is 3.80. The second-order valence-electron chi connectivity index (χ2n) is 3.36. The van der Waals surface area contributed by atoms with E-state index in [0.717, 1.165) is 16.3 Å². The maximum atomic E-state index is 8.91. The summed E-state index contributed by atoms with van der Waals surface area (Å²) in [4.78, 5) is 4.05. The van der Waals surface area contributed by atoms with Gasteiger partial charge >= 0.3 is 0 Å². The number of aliphatic hydroxyl groups is 1. The van der Waals surface area contributed by atoms with Gasteiger partial charge in [0.05, 0.1) is 18.6 Å². The number of imidazole rings is 1. The lowest BCUT2D eigenvalue weighted by Gasteiger charge is -2.06. The van der Waals surface area contributed by atoms with E-state index in [4.69, 9.17) is 16.7 Å². The van der Waals surface area contributed by atoms with Gasteiger partial charge in [0, 0.05) is 16.9 Å². The van der Waals surface area contributed by atoms with Crippen molar-refractivity contribution in [3.63, 3.8) is 0 Å². The average Bonchev–Trinajstić information content (AvgIpc) is 2.66. The minimum Gasteiger partial charge on any atom is -0.390 e. The molecule has 0 aliphatic carbocycles. The van der Waals surface area contributed by atoms with Crippen molar-refractivity contribution in [1.29, 1.82) is 0 Å². The molecule has 0 amide bonds. The van der Waals surface area contributed by atoms with Gasteiger partial charge in [-0.25, -0.2) is 4.98 Å². The lowest BCUT2D eigenvalue weighted by Crippen LogP contribution is -1.93. The number of benzene rings is 1. The topological polar surface area (TPSA) is 38.0 Å². The molecule has 2 rings (SSSR count). The highest BCUT2D eigenvalue weighted by Crippen LogP contribution is 2.19. The van der Waals surface area contributed by atoms with Crippen LogP contribution < -0.4 is 0 Å². The lowest BCUT2D eigenvalue weighted by molar-refractivity contribution is 0.277. The summed E-state index contributed by atoms with van der Waals surface area (Å²) in [6, 6.07) is 5.67. The van der Waals surface area contributed by atoms with Gasteiger partial charge in [-0.15, -0.1) is 0 Å². The molecule has 4 heteroatoms. The van der Waals surface area contributed by atoms with E-state index in [1.165, 1.54) is 0 Å². The van der Waals surface area contributed by atoms with Crippen molar-refractivity contribution < 1.29 is 5.11 Å². The number of aromatic nitrogens is 2. The first-order valence-electron chi connectivity index (χ1n) is 4.61. The summed E-state index contributed by atoms with van der Waals surface area (Å²) in [5, 5.41) is 9.64. The van der Waals surface area contributed by atoms with Crippen LogP contribution in [0, 0.1) is 6.92 Å². The fourth-order valence-electron chi connectivity index (χ4n) is 1.49. The van der Waals surface area contributed by atoms with E-state index in [1.807, 2.05) is 29.7 Å². The maximum Gasteiger partial charge on any atom is 0.0996 e. The van der Waals surface area contributed by atoms with Crippen molar-refractivity contribution in [2.45, 2.75) is 13.5 Å². The number of nitrogens with zero attached hydrogens (tertiary/aromatic N) is 2. The average molecular weight is 223 g/mol. The van der Waals surface area contributed by atoms with Crippen molar-refractivity contribution in [2.24, 2.45) is 0 Å².